The third-order valence-corrected chi connectivity index (χ3v) is 4.82. The number of amides is 1. The molecule has 3 rings (SSSR count). The van der Waals surface area contributed by atoms with E-state index in [2.05, 4.69) is 42.3 Å². The molecule has 0 radical (unpaired) electrons. The molecular weight excluding hydrogens is 332 g/mol. The maximum atomic E-state index is 12.1. The van der Waals surface area contributed by atoms with E-state index in [4.69, 9.17) is 4.74 Å². The molecule has 0 bridgehead atoms. The number of aromatic nitrogens is 1. The summed E-state index contributed by atoms with van der Waals surface area (Å²) in [5.41, 5.74) is 4.46. The summed E-state index contributed by atoms with van der Waals surface area (Å²) < 4.78 is 5.46. The van der Waals surface area contributed by atoms with Crippen LogP contribution in [0.3, 0.4) is 0 Å². The lowest BCUT2D eigenvalue weighted by Gasteiger charge is -2.05. The van der Waals surface area contributed by atoms with Gasteiger partial charge in [-0.2, -0.15) is 0 Å². The van der Waals surface area contributed by atoms with Gasteiger partial charge >= 0.3 is 0 Å². The molecule has 2 aromatic carbocycles. The van der Waals surface area contributed by atoms with Crippen molar-refractivity contribution >= 4 is 22.4 Å². The first-order valence-corrected chi connectivity index (χ1v) is 8.87. The Hall–Kier alpha value is -2.66. The highest BCUT2D eigenvalue weighted by molar-refractivity contribution is 7.16. The van der Waals surface area contributed by atoms with Gasteiger partial charge in [0.2, 0.25) is 0 Å². The number of carbonyl (C=O) groups excluding carboxylic acids is 1. The van der Waals surface area contributed by atoms with Gasteiger partial charge < -0.3 is 4.74 Å². The van der Waals surface area contributed by atoms with Crippen molar-refractivity contribution < 1.29 is 9.53 Å². The van der Waals surface area contributed by atoms with Crippen LogP contribution >= 0.6 is 11.3 Å². The number of hydrogen-bond donors (Lipinski definition) is 1. The summed E-state index contributed by atoms with van der Waals surface area (Å²) in [6, 6.07) is 15.6. The Balaban J connectivity index is 1.67. The maximum Gasteiger partial charge on any atom is 0.264 e. The van der Waals surface area contributed by atoms with Crippen molar-refractivity contribution in [3.8, 4) is 17.0 Å². The Morgan fingerprint density at radius 1 is 1.08 bits per heavy atom. The van der Waals surface area contributed by atoms with E-state index in [1.807, 2.05) is 37.3 Å². The molecule has 1 heterocycles. The molecular formula is C20H20N2O2S. The highest BCUT2D eigenvalue weighted by Crippen LogP contribution is 2.31. The van der Waals surface area contributed by atoms with Gasteiger partial charge in [-0.1, -0.05) is 30.3 Å². The van der Waals surface area contributed by atoms with E-state index < -0.39 is 0 Å². The van der Waals surface area contributed by atoms with E-state index in [1.54, 1.807) is 0 Å². The largest absolute Gasteiger partial charge is 0.484 e. The number of anilines is 1. The quantitative estimate of drug-likeness (QED) is 0.721. The topological polar surface area (TPSA) is 51.2 Å². The molecule has 0 aliphatic rings. The van der Waals surface area contributed by atoms with Crippen LogP contribution in [0.5, 0.6) is 5.75 Å². The highest BCUT2D eigenvalue weighted by atomic mass is 32.1. The molecule has 5 heteroatoms. The lowest BCUT2D eigenvalue weighted by molar-refractivity contribution is -0.118. The van der Waals surface area contributed by atoms with Gasteiger partial charge in [0.25, 0.3) is 5.91 Å². The number of rotatable bonds is 5. The van der Waals surface area contributed by atoms with Crippen molar-refractivity contribution in [2.45, 2.75) is 20.8 Å². The molecule has 1 N–H and O–H groups in total. The van der Waals surface area contributed by atoms with Crippen LogP contribution in [0.1, 0.15) is 16.0 Å². The van der Waals surface area contributed by atoms with Crippen LogP contribution in [0.25, 0.3) is 11.3 Å². The first-order chi connectivity index (χ1) is 12.0. The monoisotopic (exact) mass is 352 g/mol. The van der Waals surface area contributed by atoms with Crippen molar-refractivity contribution in [1.29, 1.82) is 0 Å². The van der Waals surface area contributed by atoms with Crippen LogP contribution < -0.4 is 10.1 Å². The van der Waals surface area contributed by atoms with Gasteiger partial charge in [-0.15, -0.1) is 11.3 Å². The smallest absolute Gasteiger partial charge is 0.264 e. The molecule has 0 saturated heterocycles. The first kappa shape index (κ1) is 17.2. The fraction of sp³-hybridized carbons (Fsp3) is 0.200. The molecule has 25 heavy (non-hydrogen) atoms. The van der Waals surface area contributed by atoms with Gasteiger partial charge in [-0.25, -0.2) is 4.98 Å². The third kappa shape index (κ3) is 4.25. The molecule has 1 aromatic heterocycles. The molecule has 0 aliphatic heterocycles. The summed E-state index contributed by atoms with van der Waals surface area (Å²) in [6.07, 6.45) is 0. The fourth-order valence-electron chi connectivity index (χ4n) is 2.43. The molecule has 0 spiro atoms. The minimum Gasteiger partial charge on any atom is -0.484 e. The SMILES string of the molecule is Cc1ccc(-c2nc(NC(=O)COc3ccccc3)sc2C)cc1C. The van der Waals surface area contributed by atoms with Crippen molar-refractivity contribution in [2.24, 2.45) is 0 Å². The molecule has 3 aromatic rings. The summed E-state index contributed by atoms with van der Waals surface area (Å²) in [5, 5.41) is 3.40. The molecule has 0 aliphatic carbocycles. The molecule has 128 valence electrons. The number of para-hydroxylation sites is 1. The van der Waals surface area contributed by atoms with Crippen LogP contribution in [0, 0.1) is 20.8 Å². The average molecular weight is 352 g/mol. The van der Waals surface area contributed by atoms with Gasteiger partial charge in [0.15, 0.2) is 11.7 Å². The fourth-order valence-corrected chi connectivity index (χ4v) is 3.28. The van der Waals surface area contributed by atoms with E-state index >= 15 is 0 Å². The first-order valence-electron chi connectivity index (χ1n) is 8.05. The Kier molecular flexibility index (Phi) is 5.14. The Morgan fingerprint density at radius 2 is 1.84 bits per heavy atom. The van der Waals surface area contributed by atoms with Crippen LogP contribution in [0.4, 0.5) is 5.13 Å². The predicted octanol–water partition coefficient (Wildman–Crippen LogP) is 4.75. The van der Waals surface area contributed by atoms with Gasteiger partial charge in [0.1, 0.15) is 5.75 Å². The number of nitrogens with zero attached hydrogens (tertiary/aromatic N) is 1. The second-order valence-corrected chi connectivity index (χ2v) is 7.08. The number of nitrogens with one attached hydrogen (secondary N) is 1. The van der Waals surface area contributed by atoms with Crippen LogP contribution in [0.15, 0.2) is 48.5 Å². The minimum atomic E-state index is -0.218. The van der Waals surface area contributed by atoms with Crippen LogP contribution in [0.2, 0.25) is 0 Å². The summed E-state index contributed by atoms with van der Waals surface area (Å²) in [4.78, 5) is 17.7. The lowest BCUT2D eigenvalue weighted by Crippen LogP contribution is -2.20. The molecule has 0 atom stereocenters. The summed E-state index contributed by atoms with van der Waals surface area (Å²) in [7, 11) is 0. The summed E-state index contributed by atoms with van der Waals surface area (Å²) >= 11 is 1.47. The van der Waals surface area contributed by atoms with Crippen LogP contribution in [-0.4, -0.2) is 17.5 Å². The van der Waals surface area contributed by atoms with E-state index in [1.165, 1.54) is 22.5 Å². The van der Waals surface area contributed by atoms with Crippen molar-refractivity contribution in [3.63, 3.8) is 0 Å². The lowest BCUT2D eigenvalue weighted by atomic mass is 10.0. The van der Waals surface area contributed by atoms with E-state index in [0.29, 0.717) is 10.9 Å². The Morgan fingerprint density at radius 3 is 2.56 bits per heavy atom. The second kappa shape index (κ2) is 7.49. The number of hydrogen-bond acceptors (Lipinski definition) is 4. The van der Waals surface area contributed by atoms with Crippen LogP contribution in [-0.2, 0) is 4.79 Å². The number of ether oxygens (including phenoxy) is 1. The van der Waals surface area contributed by atoms with E-state index in [0.717, 1.165) is 16.1 Å². The maximum absolute atomic E-state index is 12.1. The zero-order chi connectivity index (χ0) is 17.8. The molecule has 0 unspecified atom stereocenters. The van der Waals surface area contributed by atoms with Crippen molar-refractivity contribution in [2.75, 3.05) is 11.9 Å². The highest BCUT2D eigenvalue weighted by Gasteiger charge is 2.13. The Bertz CT molecular complexity index is 888. The normalized spacial score (nSPS) is 10.5. The van der Waals surface area contributed by atoms with Gasteiger partial charge in [0, 0.05) is 10.4 Å². The zero-order valence-corrected chi connectivity index (χ0v) is 15.3. The number of carbonyl (C=O) groups is 1. The standard InChI is InChI=1S/C20H20N2O2S/c1-13-9-10-16(11-14(13)2)19-15(3)25-20(22-19)21-18(23)12-24-17-7-5-4-6-8-17/h4-11H,12H2,1-3H3,(H,21,22,23). The van der Waals surface area contributed by atoms with Gasteiger partial charge in [0.05, 0.1) is 5.69 Å². The third-order valence-electron chi connectivity index (χ3n) is 3.94. The van der Waals surface area contributed by atoms with Gasteiger partial charge in [-0.3, -0.25) is 10.1 Å². The van der Waals surface area contributed by atoms with Gasteiger partial charge in [-0.05, 0) is 50.1 Å². The Labute approximate surface area is 151 Å². The molecule has 0 saturated carbocycles. The average Bonchev–Trinajstić information content (AvgIpc) is 2.96. The number of benzene rings is 2. The number of thiazole rings is 1. The summed E-state index contributed by atoms with van der Waals surface area (Å²) in [5.74, 6) is 0.452. The zero-order valence-electron chi connectivity index (χ0n) is 14.5. The minimum absolute atomic E-state index is 0.0401. The molecule has 1 amide bonds. The summed E-state index contributed by atoms with van der Waals surface area (Å²) in [6.45, 7) is 6.15. The number of aryl methyl sites for hydroxylation is 3. The molecule has 0 fully saturated rings. The van der Waals surface area contributed by atoms with Crippen molar-refractivity contribution in [1.82, 2.24) is 4.98 Å². The van der Waals surface area contributed by atoms with E-state index in [-0.39, 0.29) is 12.5 Å². The molecule has 4 nitrogen and oxygen atoms in total. The predicted molar refractivity (Wildman–Crippen MR) is 102 cm³/mol. The second-order valence-electron chi connectivity index (χ2n) is 5.87. The van der Waals surface area contributed by atoms with Crippen molar-refractivity contribution in [3.05, 3.63) is 64.5 Å². The van der Waals surface area contributed by atoms with E-state index in [9.17, 15) is 4.79 Å².